The van der Waals surface area contributed by atoms with Gasteiger partial charge >= 0.3 is 5.97 Å². The largest absolute Gasteiger partial charge is 0.466 e. The maximum Gasteiger partial charge on any atom is 0.309 e. The molecule has 1 aliphatic carbocycles. The maximum absolute atomic E-state index is 12.3. The van der Waals surface area contributed by atoms with E-state index in [2.05, 4.69) is 15.3 Å². The Bertz CT molecular complexity index is 854. The van der Waals surface area contributed by atoms with Gasteiger partial charge in [0.05, 0.1) is 22.8 Å². The van der Waals surface area contributed by atoms with Crippen molar-refractivity contribution in [2.45, 2.75) is 26.2 Å². The molecule has 0 aliphatic heterocycles. The van der Waals surface area contributed by atoms with Gasteiger partial charge in [-0.05, 0) is 25.8 Å². The van der Waals surface area contributed by atoms with Gasteiger partial charge in [0.1, 0.15) is 10.7 Å². The first kappa shape index (κ1) is 15.7. The molecule has 8 heteroatoms. The molecule has 0 saturated heterocycles. The molecule has 2 heterocycles. The number of rotatable bonds is 4. The molecule has 1 amide bonds. The second-order valence-corrected chi connectivity index (χ2v) is 6.47. The van der Waals surface area contributed by atoms with Crippen LogP contribution in [-0.2, 0) is 9.53 Å². The zero-order valence-electron chi connectivity index (χ0n) is 13.1. The quantitative estimate of drug-likeness (QED) is 0.821. The van der Waals surface area contributed by atoms with Gasteiger partial charge in [0.25, 0.3) is 11.5 Å². The fourth-order valence-corrected chi connectivity index (χ4v) is 3.81. The van der Waals surface area contributed by atoms with E-state index in [9.17, 15) is 14.4 Å². The van der Waals surface area contributed by atoms with E-state index in [4.69, 9.17) is 4.74 Å². The summed E-state index contributed by atoms with van der Waals surface area (Å²) < 4.78 is 5.00. The molecule has 2 aromatic rings. The molecule has 7 nitrogen and oxygen atoms in total. The third-order valence-electron chi connectivity index (χ3n) is 3.98. The third-order valence-corrected chi connectivity index (χ3v) is 5.17. The highest BCUT2D eigenvalue weighted by atomic mass is 32.1. The molecule has 1 aliphatic rings. The number of nitrogens with zero attached hydrogens (tertiary/aromatic N) is 1. The molecule has 0 radical (unpaired) electrons. The zero-order valence-corrected chi connectivity index (χ0v) is 13.9. The smallest absolute Gasteiger partial charge is 0.309 e. The molecule has 2 atom stereocenters. The number of aryl methyl sites for hydroxylation is 1. The topological polar surface area (TPSA) is 101 Å². The Kier molecular flexibility index (Phi) is 3.93. The van der Waals surface area contributed by atoms with Crippen LogP contribution < -0.4 is 10.9 Å². The number of aromatic nitrogens is 2. The number of fused-ring (bicyclic) bond motifs is 1. The third kappa shape index (κ3) is 2.63. The standard InChI is InChI=1S/C15H17N3O4S/c1-4-22-15(21)8-5-7(8)11-17-12(19)9-6(2)10(13(20)16-3)23-14(9)18-11/h7-8H,4-5H2,1-3H3,(H,16,20)(H,17,18,19). The van der Waals surface area contributed by atoms with Crippen molar-refractivity contribution in [3.8, 4) is 0 Å². The molecular weight excluding hydrogens is 318 g/mol. The van der Waals surface area contributed by atoms with Crippen molar-refractivity contribution in [1.82, 2.24) is 15.3 Å². The van der Waals surface area contributed by atoms with Crippen LogP contribution in [-0.4, -0.2) is 35.5 Å². The molecule has 122 valence electrons. The molecule has 1 fully saturated rings. The minimum atomic E-state index is -0.275. The first-order valence-electron chi connectivity index (χ1n) is 7.39. The average molecular weight is 335 g/mol. The summed E-state index contributed by atoms with van der Waals surface area (Å²) in [5.74, 6) is -0.354. The van der Waals surface area contributed by atoms with Crippen LogP contribution in [0, 0.1) is 12.8 Å². The van der Waals surface area contributed by atoms with Gasteiger partial charge in [-0.1, -0.05) is 0 Å². The number of nitrogens with one attached hydrogen (secondary N) is 2. The highest BCUT2D eigenvalue weighted by Gasteiger charge is 2.47. The molecule has 2 aromatic heterocycles. The number of thiophene rings is 1. The Hall–Kier alpha value is -2.22. The lowest BCUT2D eigenvalue weighted by atomic mass is 10.2. The summed E-state index contributed by atoms with van der Waals surface area (Å²) in [5.41, 5.74) is 0.353. The van der Waals surface area contributed by atoms with Crippen LogP contribution in [0.4, 0.5) is 0 Å². The van der Waals surface area contributed by atoms with Crippen LogP contribution in [0.15, 0.2) is 4.79 Å². The lowest BCUT2D eigenvalue weighted by Crippen LogP contribution is -2.17. The van der Waals surface area contributed by atoms with Crippen LogP contribution in [0.1, 0.15) is 40.3 Å². The normalized spacial score (nSPS) is 19.6. The van der Waals surface area contributed by atoms with E-state index in [-0.39, 0.29) is 29.3 Å². The average Bonchev–Trinajstić information content (AvgIpc) is 3.25. The van der Waals surface area contributed by atoms with Crippen LogP contribution in [0.3, 0.4) is 0 Å². The fraction of sp³-hybridized carbons (Fsp3) is 0.467. The number of amides is 1. The van der Waals surface area contributed by atoms with Crippen molar-refractivity contribution in [3.05, 3.63) is 26.6 Å². The van der Waals surface area contributed by atoms with Crippen molar-refractivity contribution < 1.29 is 14.3 Å². The number of hydrogen-bond acceptors (Lipinski definition) is 6. The fourth-order valence-electron chi connectivity index (χ4n) is 2.67. The number of hydrogen-bond donors (Lipinski definition) is 2. The van der Waals surface area contributed by atoms with E-state index in [1.54, 1.807) is 20.9 Å². The van der Waals surface area contributed by atoms with Crippen molar-refractivity contribution in [2.75, 3.05) is 13.7 Å². The molecule has 0 bridgehead atoms. The predicted octanol–water partition coefficient (Wildman–Crippen LogP) is 1.32. The summed E-state index contributed by atoms with van der Waals surface area (Å²) in [6.07, 6.45) is 0.625. The number of carbonyl (C=O) groups excluding carboxylic acids is 2. The van der Waals surface area contributed by atoms with Gasteiger partial charge in [0, 0.05) is 13.0 Å². The van der Waals surface area contributed by atoms with E-state index in [1.165, 1.54) is 11.3 Å². The van der Waals surface area contributed by atoms with Gasteiger partial charge in [-0.15, -0.1) is 11.3 Å². The molecule has 0 aromatic carbocycles. The van der Waals surface area contributed by atoms with Gasteiger partial charge in [-0.3, -0.25) is 14.4 Å². The van der Waals surface area contributed by atoms with Crippen molar-refractivity contribution in [3.63, 3.8) is 0 Å². The van der Waals surface area contributed by atoms with Gasteiger partial charge < -0.3 is 15.0 Å². The zero-order chi connectivity index (χ0) is 16.7. The van der Waals surface area contributed by atoms with Gasteiger partial charge in [-0.25, -0.2) is 4.98 Å². The summed E-state index contributed by atoms with van der Waals surface area (Å²) in [6, 6.07) is 0. The Balaban J connectivity index is 1.98. The Morgan fingerprint density at radius 2 is 2.22 bits per heavy atom. The lowest BCUT2D eigenvalue weighted by molar-refractivity contribution is -0.144. The Morgan fingerprint density at radius 1 is 1.48 bits per heavy atom. The van der Waals surface area contributed by atoms with Crippen LogP contribution in [0.5, 0.6) is 0 Å². The first-order chi connectivity index (χ1) is 11.0. The highest BCUT2D eigenvalue weighted by molar-refractivity contribution is 7.20. The van der Waals surface area contributed by atoms with Crippen molar-refractivity contribution in [1.29, 1.82) is 0 Å². The number of ether oxygens (including phenoxy) is 1. The van der Waals surface area contributed by atoms with E-state index >= 15 is 0 Å². The SMILES string of the molecule is CCOC(=O)C1CC1c1nc2sc(C(=O)NC)c(C)c2c(=O)[nH]1. The maximum atomic E-state index is 12.3. The Morgan fingerprint density at radius 3 is 2.87 bits per heavy atom. The summed E-state index contributed by atoms with van der Waals surface area (Å²) >= 11 is 1.19. The Labute approximate surface area is 136 Å². The summed E-state index contributed by atoms with van der Waals surface area (Å²) in [6.45, 7) is 3.83. The second kappa shape index (κ2) is 5.77. The monoisotopic (exact) mass is 335 g/mol. The number of carbonyl (C=O) groups is 2. The van der Waals surface area contributed by atoms with E-state index in [0.29, 0.717) is 39.5 Å². The molecular formula is C15H17N3O4S. The number of H-pyrrole nitrogens is 1. The van der Waals surface area contributed by atoms with Crippen LogP contribution in [0.2, 0.25) is 0 Å². The molecule has 1 saturated carbocycles. The van der Waals surface area contributed by atoms with Gasteiger partial charge in [0.2, 0.25) is 0 Å². The summed E-state index contributed by atoms with van der Waals surface area (Å²) in [4.78, 5) is 44.2. The second-order valence-electron chi connectivity index (χ2n) is 5.47. The molecule has 0 spiro atoms. The molecule has 2 N–H and O–H groups in total. The minimum Gasteiger partial charge on any atom is -0.466 e. The first-order valence-corrected chi connectivity index (χ1v) is 8.21. The molecule has 23 heavy (non-hydrogen) atoms. The van der Waals surface area contributed by atoms with E-state index in [1.807, 2.05) is 0 Å². The van der Waals surface area contributed by atoms with Crippen molar-refractivity contribution >= 4 is 33.4 Å². The van der Waals surface area contributed by atoms with Crippen LogP contribution in [0.25, 0.3) is 10.2 Å². The van der Waals surface area contributed by atoms with Crippen LogP contribution >= 0.6 is 11.3 Å². The van der Waals surface area contributed by atoms with Crippen molar-refractivity contribution in [2.24, 2.45) is 5.92 Å². The summed E-state index contributed by atoms with van der Waals surface area (Å²) in [7, 11) is 1.55. The van der Waals surface area contributed by atoms with Gasteiger partial charge in [-0.2, -0.15) is 0 Å². The predicted molar refractivity (Wildman–Crippen MR) is 85.8 cm³/mol. The number of aromatic amines is 1. The van der Waals surface area contributed by atoms with E-state index < -0.39 is 0 Å². The minimum absolute atomic E-state index is 0.114. The van der Waals surface area contributed by atoms with E-state index in [0.717, 1.165) is 0 Å². The van der Waals surface area contributed by atoms with Gasteiger partial charge in [0.15, 0.2) is 0 Å². The number of esters is 1. The molecule has 3 rings (SSSR count). The summed E-state index contributed by atoms with van der Waals surface area (Å²) in [5, 5.41) is 2.99. The molecule has 2 unspecified atom stereocenters. The lowest BCUT2D eigenvalue weighted by Gasteiger charge is -2.01. The highest BCUT2D eigenvalue weighted by Crippen LogP contribution is 2.47.